The third-order valence-electron chi connectivity index (χ3n) is 6.13. The molecule has 2 N–H and O–H groups in total. The normalized spacial score (nSPS) is 14.0. The number of hydrogen-bond donors (Lipinski definition) is 2. The molecular formula is C27H28N6O2. The molecule has 2 aromatic carbocycles. The number of amides is 1. The number of nitrogens with zero attached hydrogens (tertiary/aromatic N) is 4. The van der Waals surface area contributed by atoms with Crippen molar-refractivity contribution in [2.24, 2.45) is 5.92 Å². The van der Waals surface area contributed by atoms with E-state index in [1.807, 2.05) is 72.8 Å². The highest BCUT2D eigenvalue weighted by Gasteiger charge is 2.25. The van der Waals surface area contributed by atoms with Crippen LogP contribution < -0.4 is 20.3 Å². The van der Waals surface area contributed by atoms with E-state index in [4.69, 9.17) is 4.74 Å². The number of para-hydroxylation sites is 1. The Morgan fingerprint density at radius 3 is 2.63 bits per heavy atom. The summed E-state index contributed by atoms with van der Waals surface area (Å²) in [5, 5.41) is 16.1. The zero-order chi connectivity index (χ0) is 23.9. The number of rotatable bonds is 8. The summed E-state index contributed by atoms with van der Waals surface area (Å²) in [6, 6.07) is 23.5. The van der Waals surface area contributed by atoms with E-state index in [9.17, 15) is 4.79 Å². The van der Waals surface area contributed by atoms with Gasteiger partial charge in [0.2, 0.25) is 5.91 Å². The molecule has 0 radical (unpaired) electrons. The van der Waals surface area contributed by atoms with Crippen LogP contribution in [0.3, 0.4) is 0 Å². The van der Waals surface area contributed by atoms with Gasteiger partial charge in [-0.15, -0.1) is 10.2 Å². The maximum atomic E-state index is 12.5. The lowest BCUT2D eigenvalue weighted by atomic mass is 9.96. The highest BCUT2D eigenvalue weighted by molar-refractivity contribution is 5.83. The number of nitrogens with one attached hydrogen (secondary N) is 2. The first-order valence-corrected chi connectivity index (χ1v) is 11.9. The molecule has 8 heteroatoms. The van der Waals surface area contributed by atoms with Crippen LogP contribution in [0.5, 0.6) is 5.75 Å². The second-order valence-electron chi connectivity index (χ2n) is 8.53. The Labute approximate surface area is 204 Å². The quantitative estimate of drug-likeness (QED) is 0.375. The van der Waals surface area contributed by atoms with E-state index < -0.39 is 0 Å². The molecule has 0 atom stereocenters. The van der Waals surface area contributed by atoms with Gasteiger partial charge in [0.05, 0.1) is 12.1 Å². The van der Waals surface area contributed by atoms with Gasteiger partial charge in [0.1, 0.15) is 12.4 Å². The van der Waals surface area contributed by atoms with Crippen molar-refractivity contribution >= 4 is 34.1 Å². The largest absolute Gasteiger partial charge is 0.492 e. The lowest BCUT2D eigenvalue weighted by Crippen LogP contribution is -2.41. The van der Waals surface area contributed by atoms with Crippen molar-refractivity contribution in [1.82, 2.24) is 20.5 Å². The third-order valence-corrected chi connectivity index (χ3v) is 6.13. The molecule has 8 nitrogen and oxygen atoms in total. The van der Waals surface area contributed by atoms with Gasteiger partial charge < -0.3 is 20.3 Å². The van der Waals surface area contributed by atoms with Crippen molar-refractivity contribution in [2.75, 3.05) is 36.5 Å². The second-order valence-corrected chi connectivity index (χ2v) is 8.53. The summed E-state index contributed by atoms with van der Waals surface area (Å²) in [6.07, 6.45) is 3.37. The van der Waals surface area contributed by atoms with E-state index in [1.54, 1.807) is 6.20 Å². The molecule has 35 heavy (non-hydrogen) atoms. The maximum absolute atomic E-state index is 12.5. The maximum Gasteiger partial charge on any atom is 0.223 e. The molecular weight excluding hydrogens is 440 g/mol. The number of carbonyl (C=O) groups excluding carboxylic acids is 1. The number of fused-ring (bicyclic) bond motifs is 1. The van der Waals surface area contributed by atoms with Gasteiger partial charge >= 0.3 is 0 Å². The van der Waals surface area contributed by atoms with Gasteiger partial charge in [0.15, 0.2) is 11.6 Å². The van der Waals surface area contributed by atoms with Gasteiger partial charge in [-0.05, 0) is 61.4 Å². The summed E-state index contributed by atoms with van der Waals surface area (Å²) < 4.78 is 5.64. The summed E-state index contributed by atoms with van der Waals surface area (Å²) in [7, 11) is 0. The van der Waals surface area contributed by atoms with Crippen LogP contribution >= 0.6 is 0 Å². The summed E-state index contributed by atoms with van der Waals surface area (Å²) in [5.74, 6) is 2.43. The molecule has 1 fully saturated rings. The van der Waals surface area contributed by atoms with E-state index in [1.165, 1.54) is 0 Å². The molecule has 4 aromatic rings. The zero-order valence-corrected chi connectivity index (χ0v) is 19.4. The molecule has 0 unspecified atom stereocenters. The Morgan fingerprint density at radius 2 is 1.83 bits per heavy atom. The van der Waals surface area contributed by atoms with Crippen LogP contribution in [0, 0.1) is 5.92 Å². The average molecular weight is 469 g/mol. The Morgan fingerprint density at radius 1 is 0.971 bits per heavy atom. The highest BCUT2D eigenvalue weighted by Crippen LogP contribution is 2.24. The third kappa shape index (κ3) is 5.84. The van der Waals surface area contributed by atoms with Crippen molar-refractivity contribution in [3.8, 4) is 5.75 Å². The first-order valence-electron chi connectivity index (χ1n) is 11.9. The number of pyridine rings is 1. The van der Waals surface area contributed by atoms with E-state index in [0.29, 0.717) is 19.0 Å². The van der Waals surface area contributed by atoms with E-state index >= 15 is 0 Å². The minimum atomic E-state index is 0.0132. The molecule has 2 aromatic heterocycles. The summed E-state index contributed by atoms with van der Waals surface area (Å²) >= 11 is 0. The smallest absolute Gasteiger partial charge is 0.223 e. The van der Waals surface area contributed by atoms with Crippen LogP contribution in [0.1, 0.15) is 12.8 Å². The number of anilines is 3. The standard InChI is InChI=1S/C27H28N6O2/c34-27(29-15-18-35-23-6-2-1-3-7-23)20-12-16-33(17-13-20)26-11-10-25(31-32-26)30-22-8-9-24-21(19-22)5-4-14-28-24/h1-11,14,19-20H,12-13,15-18H2,(H,29,34)(H,30,31). The van der Waals surface area contributed by atoms with E-state index in [2.05, 4.69) is 30.7 Å². The van der Waals surface area contributed by atoms with Crippen LogP contribution in [0.4, 0.5) is 17.3 Å². The molecule has 5 rings (SSSR count). The minimum Gasteiger partial charge on any atom is -0.492 e. The Balaban J connectivity index is 1.07. The van der Waals surface area contributed by atoms with Gasteiger partial charge in [-0.1, -0.05) is 24.3 Å². The van der Waals surface area contributed by atoms with Gasteiger partial charge in [-0.3, -0.25) is 9.78 Å². The van der Waals surface area contributed by atoms with E-state index in [0.717, 1.165) is 54.1 Å². The van der Waals surface area contributed by atoms with Gasteiger partial charge in [-0.25, -0.2) is 0 Å². The van der Waals surface area contributed by atoms with Crippen LogP contribution in [0.15, 0.2) is 79.0 Å². The van der Waals surface area contributed by atoms with Gasteiger partial charge in [-0.2, -0.15) is 0 Å². The highest BCUT2D eigenvalue weighted by atomic mass is 16.5. The number of carbonyl (C=O) groups is 1. The van der Waals surface area contributed by atoms with Crippen LogP contribution in [-0.4, -0.2) is 47.3 Å². The first-order chi connectivity index (χ1) is 17.2. The Hall–Kier alpha value is -4.20. The van der Waals surface area contributed by atoms with Crippen molar-refractivity contribution in [3.05, 3.63) is 79.0 Å². The summed E-state index contributed by atoms with van der Waals surface area (Å²) in [4.78, 5) is 19.1. The van der Waals surface area contributed by atoms with Crippen LogP contribution in [0.2, 0.25) is 0 Å². The number of ether oxygens (including phenoxy) is 1. The minimum absolute atomic E-state index is 0.0132. The fourth-order valence-electron chi connectivity index (χ4n) is 4.24. The molecule has 178 valence electrons. The van der Waals surface area contributed by atoms with E-state index in [-0.39, 0.29) is 11.8 Å². The summed E-state index contributed by atoms with van der Waals surface area (Å²) in [6.45, 7) is 2.51. The second kappa shape index (κ2) is 10.8. The molecule has 1 saturated heterocycles. The van der Waals surface area contributed by atoms with Crippen molar-refractivity contribution in [3.63, 3.8) is 0 Å². The Bertz CT molecular complexity index is 1260. The molecule has 0 saturated carbocycles. The van der Waals surface area contributed by atoms with Crippen molar-refractivity contribution < 1.29 is 9.53 Å². The molecule has 0 spiro atoms. The van der Waals surface area contributed by atoms with Gasteiger partial charge in [0, 0.05) is 36.3 Å². The topological polar surface area (TPSA) is 92.3 Å². The monoisotopic (exact) mass is 468 g/mol. The molecule has 0 aliphatic carbocycles. The molecule has 3 heterocycles. The van der Waals surface area contributed by atoms with Crippen LogP contribution in [0.25, 0.3) is 10.9 Å². The molecule has 1 aliphatic heterocycles. The lowest BCUT2D eigenvalue weighted by Gasteiger charge is -2.31. The fraction of sp³-hybridized carbons (Fsp3) is 0.259. The first kappa shape index (κ1) is 22.6. The number of hydrogen-bond acceptors (Lipinski definition) is 7. The lowest BCUT2D eigenvalue weighted by molar-refractivity contribution is -0.125. The molecule has 1 amide bonds. The van der Waals surface area contributed by atoms with Crippen molar-refractivity contribution in [2.45, 2.75) is 12.8 Å². The van der Waals surface area contributed by atoms with Crippen LogP contribution in [-0.2, 0) is 4.79 Å². The van der Waals surface area contributed by atoms with Crippen molar-refractivity contribution in [1.29, 1.82) is 0 Å². The molecule has 1 aliphatic rings. The summed E-state index contributed by atoms with van der Waals surface area (Å²) in [5.41, 5.74) is 1.89. The fourth-order valence-corrected chi connectivity index (χ4v) is 4.24. The predicted octanol–water partition coefficient (Wildman–Crippen LogP) is 4.18. The zero-order valence-electron chi connectivity index (χ0n) is 19.4. The SMILES string of the molecule is O=C(NCCOc1ccccc1)C1CCN(c2ccc(Nc3ccc4ncccc4c3)nn2)CC1. The predicted molar refractivity (Wildman–Crippen MR) is 137 cm³/mol. The number of benzene rings is 2. The van der Waals surface area contributed by atoms with Gasteiger partial charge in [0.25, 0.3) is 0 Å². The average Bonchev–Trinajstić information content (AvgIpc) is 2.92. The Kier molecular flexibility index (Phi) is 6.98. The number of piperidine rings is 1. The molecule has 0 bridgehead atoms. The number of aromatic nitrogens is 3.